The number of aliphatic carboxylic acids is 1. The molecule has 2 N–H and O–H groups in total. The van der Waals surface area contributed by atoms with Crippen molar-refractivity contribution in [2.45, 2.75) is 13.2 Å². The maximum absolute atomic E-state index is 10.2. The molecule has 4 heteroatoms. The van der Waals surface area contributed by atoms with Crippen LogP contribution in [-0.4, -0.2) is 18.2 Å². The number of nitrogens with one attached hydrogen (secondary N) is 1. The van der Waals surface area contributed by atoms with Crippen LogP contribution in [0.1, 0.15) is 11.1 Å². The Bertz CT molecular complexity index is 374. The first kappa shape index (κ1) is 12.3. The van der Waals surface area contributed by atoms with Gasteiger partial charge >= 0.3 is 5.97 Å². The summed E-state index contributed by atoms with van der Waals surface area (Å²) in [7, 11) is 1.65. The van der Waals surface area contributed by atoms with Crippen molar-refractivity contribution in [3.05, 3.63) is 47.7 Å². The molecule has 0 saturated heterocycles. The highest BCUT2D eigenvalue weighted by Crippen LogP contribution is 2.05. The summed E-state index contributed by atoms with van der Waals surface area (Å²) in [4.78, 5) is 10.2. The molecule has 0 aliphatic carbocycles. The third-order valence-corrected chi connectivity index (χ3v) is 1.95. The molecule has 0 spiro atoms. The largest absolute Gasteiger partial charge is 0.478 e. The molecule has 1 aromatic rings. The summed E-state index contributed by atoms with van der Waals surface area (Å²) >= 11 is 0. The monoisotopic (exact) mass is 221 g/mol. The smallest absolute Gasteiger partial charge is 0.329 e. The second-order valence-electron chi connectivity index (χ2n) is 3.31. The molecule has 0 unspecified atom stereocenters. The summed E-state index contributed by atoms with van der Waals surface area (Å²) < 4.78 is 5.03. The van der Waals surface area contributed by atoms with Gasteiger partial charge in [-0.1, -0.05) is 24.3 Å². The highest BCUT2D eigenvalue weighted by atomic mass is 16.5. The SMILES string of the molecule is COCc1cccc(CN/C=C/C(=O)O)c1. The normalized spacial score (nSPS) is 10.6. The average Bonchev–Trinajstić information content (AvgIpc) is 2.25. The van der Waals surface area contributed by atoms with Crippen LogP contribution < -0.4 is 5.32 Å². The Labute approximate surface area is 94.6 Å². The topological polar surface area (TPSA) is 58.6 Å². The van der Waals surface area contributed by atoms with Crippen LogP contribution in [0.3, 0.4) is 0 Å². The van der Waals surface area contributed by atoms with E-state index in [0.29, 0.717) is 13.2 Å². The molecular weight excluding hydrogens is 206 g/mol. The fourth-order valence-electron chi connectivity index (χ4n) is 1.30. The fraction of sp³-hybridized carbons (Fsp3) is 0.250. The highest BCUT2D eigenvalue weighted by Gasteiger charge is 1.94. The van der Waals surface area contributed by atoms with Gasteiger partial charge in [0.1, 0.15) is 0 Å². The zero-order valence-corrected chi connectivity index (χ0v) is 9.14. The third kappa shape index (κ3) is 4.61. The minimum atomic E-state index is -0.958. The Morgan fingerprint density at radius 2 is 2.25 bits per heavy atom. The van der Waals surface area contributed by atoms with Gasteiger partial charge in [-0.3, -0.25) is 0 Å². The average molecular weight is 221 g/mol. The van der Waals surface area contributed by atoms with Crippen molar-refractivity contribution in [2.75, 3.05) is 7.11 Å². The van der Waals surface area contributed by atoms with Crippen LogP contribution in [0.15, 0.2) is 36.5 Å². The Morgan fingerprint density at radius 1 is 1.50 bits per heavy atom. The Kier molecular flexibility index (Phi) is 5.08. The van der Waals surface area contributed by atoms with Gasteiger partial charge in [0.05, 0.1) is 6.61 Å². The summed E-state index contributed by atoms with van der Waals surface area (Å²) in [5.74, 6) is -0.958. The molecule has 4 nitrogen and oxygen atoms in total. The molecule has 0 saturated carbocycles. The van der Waals surface area contributed by atoms with Crippen LogP contribution in [-0.2, 0) is 22.7 Å². The molecule has 0 aliphatic rings. The molecule has 0 radical (unpaired) electrons. The van der Waals surface area contributed by atoms with Gasteiger partial charge in [0.2, 0.25) is 0 Å². The van der Waals surface area contributed by atoms with Gasteiger partial charge in [-0.25, -0.2) is 4.79 Å². The van der Waals surface area contributed by atoms with Crippen molar-refractivity contribution in [1.82, 2.24) is 5.32 Å². The van der Waals surface area contributed by atoms with Crippen LogP contribution in [0.2, 0.25) is 0 Å². The van der Waals surface area contributed by atoms with E-state index in [1.807, 2.05) is 24.3 Å². The summed E-state index contributed by atoms with van der Waals surface area (Å²) in [6, 6.07) is 7.93. The van der Waals surface area contributed by atoms with Crippen molar-refractivity contribution in [1.29, 1.82) is 0 Å². The number of ether oxygens (including phenoxy) is 1. The number of rotatable bonds is 6. The lowest BCUT2D eigenvalue weighted by Gasteiger charge is -2.04. The van der Waals surface area contributed by atoms with E-state index in [2.05, 4.69) is 5.32 Å². The lowest BCUT2D eigenvalue weighted by molar-refractivity contribution is -0.131. The molecule has 0 amide bonds. The Balaban J connectivity index is 2.47. The van der Waals surface area contributed by atoms with Crippen molar-refractivity contribution >= 4 is 5.97 Å². The lowest BCUT2D eigenvalue weighted by atomic mass is 10.1. The number of methoxy groups -OCH3 is 1. The minimum Gasteiger partial charge on any atom is -0.478 e. The van der Waals surface area contributed by atoms with E-state index in [4.69, 9.17) is 9.84 Å². The molecule has 86 valence electrons. The second-order valence-corrected chi connectivity index (χ2v) is 3.31. The maximum atomic E-state index is 10.2. The third-order valence-electron chi connectivity index (χ3n) is 1.95. The van der Waals surface area contributed by atoms with E-state index < -0.39 is 5.97 Å². The van der Waals surface area contributed by atoms with E-state index >= 15 is 0 Å². The molecule has 0 bridgehead atoms. The second kappa shape index (κ2) is 6.63. The van der Waals surface area contributed by atoms with Crippen LogP contribution in [0, 0.1) is 0 Å². The zero-order valence-electron chi connectivity index (χ0n) is 9.14. The minimum absolute atomic E-state index is 0.582. The predicted molar refractivity (Wildman–Crippen MR) is 60.8 cm³/mol. The molecule has 16 heavy (non-hydrogen) atoms. The standard InChI is InChI=1S/C12H15NO3/c1-16-9-11-4-2-3-10(7-11)8-13-6-5-12(14)15/h2-7,13H,8-9H2,1H3,(H,14,15)/b6-5+. The molecule has 0 fully saturated rings. The van der Waals surface area contributed by atoms with Crippen LogP contribution in [0.5, 0.6) is 0 Å². The summed E-state index contributed by atoms with van der Waals surface area (Å²) in [6.45, 7) is 1.18. The first-order chi connectivity index (χ1) is 7.72. The van der Waals surface area contributed by atoms with Gasteiger partial charge in [0, 0.05) is 25.9 Å². The van der Waals surface area contributed by atoms with Gasteiger partial charge in [-0.05, 0) is 11.1 Å². The van der Waals surface area contributed by atoms with E-state index in [1.165, 1.54) is 6.20 Å². The van der Waals surface area contributed by atoms with Crippen LogP contribution >= 0.6 is 0 Å². The van der Waals surface area contributed by atoms with E-state index in [9.17, 15) is 4.79 Å². The fourth-order valence-corrected chi connectivity index (χ4v) is 1.30. The molecule has 0 aliphatic heterocycles. The Morgan fingerprint density at radius 3 is 2.94 bits per heavy atom. The van der Waals surface area contributed by atoms with Crippen molar-refractivity contribution in [2.24, 2.45) is 0 Å². The highest BCUT2D eigenvalue weighted by molar-refractivity contribution is 5.79. The quantitative estimate of drug-likeness (QED) is 0.715. The van der Waals surface area contributed by atoms with E-state index in [0.717, 1.165) is 17.2 Å². The molecule has 1 rings (SSSR count). The number of benzene rings is 1. The molecular formula is C12H15NO3. The van der Waals surface area contributed by atoms with Gasteiger partial charge in [0.15, 0.2) is 0 Å². The van der Waals surface area contributed by atoms with Crippen molar-refractivity contribution in [3.8, 4) is 0 Å². The maximum Gasteiger partial charge on any atom is 0.329 e. The van der Waals surface area contributed by atoms with Crippen molar-refractivity contribution in [3.63, 3.8) is 0 Å². The lowest BCUT2D eigenvalue weighted by Crippen LogP contribution is -2.06. The Hall–Kier alpha value is -1.81. The first-order valence-electron chi connectivity index (χ1n) is 4.92. The van der Waals surface area contributed by atoms with Gasteiger partial charge in [-0.15, -0.1) is 0 Å². The molecule has 1 aromatic carbocycles. The van der Waals surface area contributed by atoms with E-state index in [1.54, 1.807) is 7.11 Å². The first-order valence-corrected chi connectivity index (χ1v) is 4.92. The molecule has 0 aromatic heterocycles. The summed E-state index contributed by atoms with van der Waals surface area (Å²) in [5, 5.41) is 11.3. The van der Waals surface area contributed by atoms with Crippen molar-refractivity contribution < 1.29 is 14.6 Å². The molecule has 0 atom stereocenters. The van der Waals surface area contributed by atoms with E-state index in [-0.39, 0.29) is 0 Å². The number of carboxylic acid groups (broad SMARTS) is 1. The zero-order chi connectivity index (χ0) is 11.8. The number of carboxylic acids is 1. The van der Waals surface area contributed by atoms with Gasteiger partial charge < -0.3 is 15.2 Å². The van der Waals surface area contributed by atoms with Gasteiger partial charge in [-0.2, -0.15) is 0 Å². The predicted octanol–water partition coefficient (Wildman–Crippen LogP) is 1.52. The molecule has 0 heterocycles. The van der Waals surface area contributed by atoms with Gasteiger partial charge in [0.25, 0.3) is 0 Å². The summed E-state index contributed by atoms with van der Waals surface area (Å²) in [5.41, 5.74) is 2.19. The van der Waals surface area contributed by atoms with Crippen LogP contribution in [0.4, 0.5) is 0 Å². The van der Waals surface area contributed by atoms with Crippen LogP contribution in [0.25, 0.3) is 0 Å². The number of hydrogen-bond acceptors (Lipinski definition) is 3. The number of hydrogen-bond donors (Lipinski definition) is 2. The number of carbonyl (C=O) groups is 1. The summed E-state index contributed by atoms with van der Waals surface area (Å²) in [6.07, 6.45) is 2.49.